The summed E-state index contributed by atoms with van der Waals surface area (Å²) in [4.78, 5) is 13.1. The Morgan fingerprint density at radius 3 is 2.19 bits per heavy atom. The molecule has 1 aromatic rings. The highest BCUT2D eigenvalue weighted by atomic mass is 35.7. The first kappa shape index (κ1) is 18.5. The van der Waals surface area contributed by atoms with Crippen molar-refractivity contribution in [3.63, 3.8) is 0 Å². The molecule has 0 bridgehead atoms. The fourth-order valence-corrected chi connectivity index (χ4v) is 4.94. The van der Waals surface area contributed by atoms with Gasteiger partial charge in [-0.3, -0.25) is 4.79 Å². The molecule has 1 aromatic heterocycles. The molecule has 1 rings (SSSR count). The van der Waals surface area contributed by atoms with Crippen LogP contribution < -0.4 is 5.32 Å². The Morgan fingerprint density at radius 1 is 1.29 bits per heavy atom. The lowest BCUT2D eigenvalue weighted by atomic mass is 9.85. The SMILES string of the molecule is Cc1sc(C(=O)NCC(C(C)C)C(C)C)cc1S(=O)(=O)Cl. The average Bonchev–Trinajstić information content (AvgIpc) is 2.70. The number of carbonyl (C=O) groups is 1. The van der Waals surface area contributed by atoms with Crippen LogP contribution in [0.4, 0.5) is 0 Å². The van der Waals surface area contributed by atoms with Gasteiger partial charge in [-0.05, 0) is 30.7 Å². The van der Waals surface area contributed by atoms with Gasteiger partial charge >= 0.3 is 0 Å². The second kappa shape index (κ2) is 7.11. The quantitative estimate of drug-likeness (QED) is 0.796. The van der Waals surface area contributed by atoms with Crippen LogP contribution in [0.1, 0.15) is 42.2 Å². The second-order valence-electron chi connectivity index (χ2n) is 5.83. The Bertz CT molecular complexity index is 598. The number of halogens is 1. The van der Waals surface area contributed by atoms with Crippen LogP contribution in [-0.4, -0.2) is 20.9 Å². The molecule has 0 aliphatic rings. The lowest BCUT2D eigenvalue weighted by Crippen LogP contribution is -2.33. The number of amides is 1. The molecular weight excluding hydrogens is 330 g/mol. The number of thiophene rings is 1. The molecule has 0 saturated heterocycles. The van der Waals surface area contributed by atoms with Crippen molar-refractivity contribution in [1.29, 1.82) is 0 Å². The summed E-state index contributed by atoms with van der Waals surface area (Å²) in [5.74, 6) is 1.07. The van der Waals surface area contributed by atoms with E-state index >= 15 is 0 Å². The number of hydrogen-bond acceptors (Lipinski definition) is 4. The molecule has 0 aliphatic carbocycles. The summed E-state index contributed by atoms with van der Waals surface area (Å²) in [6, 6.07) is 1.34. The highest BCUT2D eigenvalue weighted by molar-refractivity contribution is 8.13. The molecule has 1 heterocycles. The van der Waals surface area contributed by atoms with Crippen molar-refractivity contribution in [1.82, 2.24) is 5.32 Å². The molecule has 0 aliphatic heterocycles. The van der Waals surface area contributed by atoms with E-state index in [1.165, 1.54) is 6.07 Å². The zero-order valence-corrected chi connectivity index (χ0v) is 15.3. The zero-order valence-electron chi connectivity index (χ0n) is 12.9. The van der Waals surface area contributed by atoms with Gasteiger partial charge in [-0.25, -0.2) is 8.42 Å². The van der Waals surface area contributed by atoms with E-state index in [1.807, 2.05) is 0 Å². The molecule has 1 N–H and O–H groups in total. The molecule has 0 atom stereocenters. The molecule has 0 saturated carbocycles. The smallest absolute Gasteiger partial charge is 0.262 e. The molecule has 0 radical (unpaired) electrons. The minimum Gasteiger partial charge on any atom is -0.351 e. The Morgan fingerprint density at radius 2 is 1.81 bits per heavy atom. The molecule has 7 heteroatoms. The van der Waals surface area contributed by atoms with Crippen LogP contribution in [0.2, 0.25) is 0 Å². The summed E-state index contributed by atoms with van der Waals surface area (Å²) in [7, 11) is 1.54. The van der Waals surface area contributed by atoms with Crippen molar-refractivity contribution in [2.75, 3.05) is 6.54 Å². The van der Waals surface area contributed by atoms with Gasteiger partial charge in [0.1, 0.15) is 0 Å². The fourth-order valence-electron chi connectivity index (χ4n) is 2.36. The molecule has 0 spiro atoms. The average molecular weight is 352 g/mol. The predicted octanol–water partition coefficient (Wildman–Crippen LogP) is 3.64. The monoisotopic (exact) mass is 351 g/mol. The molecule has 0 fully saturated rings. The summed E-state index contributed by atoms with van der Waals surface area (Å²) in [5, 5.41) is 2.89. The Balaban J connectivity index is 2.82. The minimum atomic E-state index is -3.80. The first-order chi connectivity index (χ1) is 9.54. The van der Waals surface area contributed by atoms with E-state index in [0.717, 1.165) is 11.3 Å². The molecule has 0 unspecified atom stereocenters. The minimum absolute atomic E-state index is 0.0172. The summed E-state index contributed by atoms with van der Waals surface area (Å²) < 4.78 is 22.7. The third-order valence-electron chi connectivity index (χ3n) is 3.57. The third kappa shape index (κ3) is 4.97. The van der Waals surface area contributed by atoms with Crippen molar-refractivity contribution >= 4 is 37.0 Å². The van der Waals surface area contributed by atoms with Crippen LogP contribution in [0.5, 0.6) is 0 Å². The maximum Gasteiger partial charge on any atom is 0.262 e. The summed E-state index contributed by atoms with van der Waals surface area (Å²) >= 11 is 1.14. The van der Waals surface area contributed by atoms with Crippen molar-refractivity contribution in [2.24, 2.45) is 17.8 Å². The van der Waals surface area contributed by atoms with Crippen LogP contribution in [-0.2, 0) is 9.05 Å². The summed E-state index contributed by atoms with van der Waals surface area (Å²) in [6.07, 6.45) is 0. The maximum absolute atomic E-state index is 12.1. The molecule has 0 aromatic carbocycles. The molecular formula is C14H22ClNO3S2. The van der Waals surface area contributed by atoms with E-state index in [4.69, 9.17) is 10.7 Å². The van der Waals surface area contributed by atoms with Gasteiger partial charge in [0.15, 0.2) is 0 Å². The van der Waals surface area contributed by atoms with Gasteiger partial charge in [0, 0.05) is 22.1 Å². The lowest BCUT2D eigenvalue weighted by Gasteiger charge is -2.24. The van der Waals surface area contributed by atoms with Crippen LogP contribution in [0.3, 0.4) is 0 Å². The zero-order chi connectivity index (χ0) is 16.4. The van der Waals surface area contributed by atoms with Crippen LogP contribution >= 0.6 is 22.0 Å². The van der Waals surface area contributed by atoms with E-state index in [1.54, 1.807) is 6.92 Å². The van der Waals surface area contributed by atoms with Gasteiger partial charge in [-0.1, -0.05) is 27.7 Å². The summed E-state index contributed by atoms with van der Waals surface area (Å²) in [5.41, 5.74) is 0. The van der Waals surface area contributed by atoms with Crippen molar-refractivity contribution in [3.05, 3.63) is 15.8 Å². The van der Waals surface area contributed by atoms with Gasteiger partial charge in [0.25, 0.3) is 15.0 Å². The Labute approximate surface area is 135 Å². The van der Waals surface area contributed by atoms with Gasteiger partial charge in [-0.2, -0.15) is 0 Å². The number of hydrogen-bond donors (Lipinski definition) is 1. The standard InChI is InChI=1S/C14H22ClNO3S2/c1-8(2)11(9(3)4)7-16-14(17)12-6-13(10(5)20-12)21(15,18)19/h6,8-9,11H,7H2,1-5H3,(H,16,17). The van der Waals surface area contributed by atoms with Crippen molar-refractivity contribution < 1.29 is 13.2 Å². The Hall–Kier alpha value is -0.590. The van der Waals surface area contributed by atoms with Gasteiger partial charge in [-0.15, -0.1) is 11.3 Å². The van der Waals surface area contributed by atoms with E-state index in [9.17, 15) is 13.2 Å². The highest BCUT2D eigenvalue weighted by Gasteiger charge is 2.22. The number of carbonyl (C=O) groups excluding carboxylic acids is 1. The lowest BCUT2D eigenvalue weighted by molar-refractivity contribution is 0.0941. The van der Waals surface area contributed by atoms with Crippen LogP contribution in [0.25, 0.3) is 0 Å². The first-order valence-corrected chi connectivity index (χ1v) is 10.00. The predicted molar refractivity (Wildman–Crippen MR) is 87.6 cm³/mol. The largest absolute Gasteiger partial charge is 0.351 e. The van der Waals surface area contributed by atoms with E-state index < -0.39 is 9.05 Å². The molecule has 4 nitrogen and oxygen atoms in total. The number of aryl methyl sites for hydroxylation is 1. The van der Waals surface area contributed by atoms with Gasteiger partial charge in [0.05, 0.1) is 9.77 Å². The number of rotatable bonds is 6. The summed E-state index contributed by atoms with van der Waals surface area (Å²) in [6.45, 7) is 10.7. The molecule has 21 heavy (non-hydrogen) atoms. The van der Waals surface area contributed by atoms with Crippen molar-refractivity contribution in [3.8, 4) is 0 Å². The van der Waals surface area contributed by atoms with Gasteiger partial charge in [0.2, 0.25) is 0 Å². The third-order valence-corrected chi connectivity index (χ3v) is 6.20. The maximum atomic E-state index is 12.1. The highest BCUT2D eigenvalue weighted by Crippen LogP contribution is 2.28. The van der Waals surface area contributed by atoms with Gasteiger partial charge < -0.3 is 5.32 Å². The first-order valence-electron chi connectivity index (χ1n) is 6.87. The normalized spacial score (nSPS) is 12.4. The fraction of sp³-hybridized carbons (Fsp3) is 0.643. The van der Waals surface area contributed by atoms with Crippen molar-refractivity contribution in [2.45, 2.75) is 39.5 Å². The molecule has 1 amide bonds. The van der Waals surface area contributed by atoms with E-state index in [0.29, 0.717) is 34.1 Å². The Kier molecular flexibility index (Phi) is 6.25. The molecule has 120 valence electrons. The van der Waals surface area contributed by atoms with E-state index in [-0.39, 0.29) is 10.8 Å². The topological polar surface area (TPSA) is 63.2 Å². The van der Waals surface area contributed by atoms with Crippen LogP contribution in [0.15, 0.2) is 11.0 Å². The second-order valence-corrected chi connectivity index (χ2v) is 9.62. The van der Waals surface area contributed by atoms with E-state index in [2.05, 4.69) is 33.0 Å². The number of nitrogens with one attached hydrogen (secondary N) is 1. The van der Waals surface area contributed by atoms with Crippen LogP contribution in [0, 0.1) is 24.7 Å².